The number of nitrogens with zero attached hydrogens (tertiary/aromatic N) is 4. The molecule has 0 aliphatic carbocycles. The van der Waals surface area contributed by atoms with E-state index in [-0.39, 0.29) is 0 Å². The smallest absolute Gasteiger partial charge is 0.157 e. The van der Waals surface area contributed by atoms with Crippen molar-refractivity contribution in [3.63, 3.8) is 0 Å². The standard InChI is InChI=1S/C16H21ClN6/c1-2-19-15-14(18)16(21-11-20-15)23-8-6-22(7-9-23)13-5-3-4-12(17)10-13/h3-5,10-11H,2,6-9,18H2,1H3,(H,19,20,21). The largest absolute Gasteiger partial charge is 0.393 e. The van der Waals surface area contributed by atoms with Crippen LogP contribution in [0.3, 0.4) is 0 Å². The van der Waals surface area contributed by atoms with Gasteiger partial charge in [-0.25, -0.2) is 9.97 Å². The first kappa shape index (κ1) is 15.7. The maximum absolute atomic E-state index is 6.21. The van der Waals surface area contributed by atoms with Crippen molar-refractivity contribution in [2.45, 2.75) is 6.92 Å². The van der Waals surface area contributed by atoms with E-state index >= 15 is 0 Å². The second kappa shape index (κ2) is 6.91. The van der Waals surface area contributed by atoms with Crippen molar-refractivity contribution in [2.24, 2.45) is 0 Å². The maximum Gasteiger partial charge on any atom is 0.157 e. The van der Waals surface area contributed by atoms with E-state index in [2.05, 4.69) is 31.2 Å². The van der Waals surface area contributed by atoms with Crippen molar-refractivity contribution >= 4 is 34.6 Å². The van der Waals surface area contributed by atoms with Crippen molar-refractivity contribution in [3.05, 3.63) is 35.6 Å². The highest BCUT2D eigenvalue weighted by atomic mass is 35.5. The van der Waals surface area contributed by atoms with Crippen LogP contribution in [0.1, 0.15) is 6.92 Å². The molecule has 0 bridgehead atoms. The fourth-order valence-electron chi connectivity index (χ4n) is 2.80. The van der Waals surface area contributed by atoms with Crippen LogP contribution in [0.25, 0.3) is 0 Å². The summed E-state index contributed by atoms with van der Waals surface area (Å²) in [6.07, 6.45) is 1.56. The molecule has 0 spiro atoms. The molecule has 0 amide bonds. The molecule has 3 N–H and O–H groups in total. The Hall–Kier alpha value is -2.21. The molecule has 23 heavy (non-hydrogen) atoms. The normalized spacial score (nSPS) is 14.9. The first-order valence-corrected chi connectivity index (χ1v) is 8.16. The highest BCUT2D eigenvalue weighted by Gasteiger charge is 2.21. The third-order valence-corrected chi connectivity index (χ3v) is 4.19. The molecule has 0 radical (unpaired) electrons. The summed E-state index contributed by atoms with van der Waals surface area (Å²) in [5, 5.41) is 3.93. The molecule has 2 heterocycles. The molecular weight excluding hydrogens is 312 g/mol. The molecule has 2 aromatic rings. The number of nitrogens with two attached hydrogens (primary N) is 1. The monoisotopic (exact) mass is 332 g/mol. The summed E-state index contributed by atoms with van der Waals surface area (Å²) in [6.45, 7) is 6.33. The number of nitrogen functional groups attached to an aromatic ring is 1. The van der Waals surface area contributed by atoms with Crippen LogP contribution in [0, 0.1) is 0 Å². The number of benzene rings is 1. The van der Waals surface area contributed by atoms with Crippen molar-refractivity contribution < 1.29 is 0 Å². The zero-order valence-corrected chi connectivity index (χ0v) is 13.9. The van der Waals surface area contributed by atoms with Gasteiger partial charge in [-0.15, -0.1) is 0 Å². The van der Waals surface area contributed by atoms with Crippen LogP contribution in [0.5, 0.6) is 0 Å². The lowest BCUT2D eigenvalue weighted by Crippen LogP contribution is -2.47. The first-order valence-electron chi connectivity index (χ1n) is 7.79. The van der Waals surface area contributed by atoms with Gasteiger partial charge in [-0.05, 0) is 25.1 Å². The number of piperazine rings is 1. The summed E-state index contributed by atoms with van der Waals surface area (Å²) < 4.78 is 0. The van der Waals surface area contributed by atoms with Gasteiger partial charge in [0.25, 0.3) is 0 Å². The Morgan fingerprint density at radius 1 is 1.17 bits per heavy atom. The molecule has 1 aromatic carbocycles. The Morgan fingerprint density at radius 3 is 2.61 bits per heavy atom. The molecule has 0 atom stereocenters. The van der Waals surface area contributed by atoms with E-state index in [0.717, 1.165) is 49.3 Å². The van der Waals surface area contributed by atoms with Crippen molar-refractivity contribution in [2.75, 3.05) is 53.6 Å². The Labute approximate surface area is 141 Å². The number of hydrogen-bond donors (Lipinski definition) is 2. The minimum absolute atomic E-state index is 0.616. The van der Waals surface area contributed by atoms with Crippen LogP contribution in [-0.4, -0.2) is 42.7 Å². The lowest BCUT2D eigenvalue weighted by Gasteiger charge is -2.37. The van der Waals surface area contributed by atoms with Gasteiger partial charge in [-0.2, -0.15) is 0 Å². The van der Waals surface area contributed by atoms with Crippen LogP contribution in [0.15, 0.2) is 30.6 Å². The second-order valence-corrected chi connectivity index (χ2v) is 5.88. The van der Waals surface area contributed by atoms with E-state index in [1.54, 1.807) is 6.33 Å². The quantitative estimate of drug-likeness (QED) is 0.896. The van der Waals surface area contributed by atoms with Gasteiger partial charge >= 0.3 is 0 Å². The van der Waals surface area contributed by atoms with Crippen molar-refractivity contribution in [1.29, 1.82) is 0 Å². The molecule has 1 fully saturated rings. The third kappa shape index (κ3) is 3.42. The van der Waals surface area contributed by atoms with Gasteiger partial charge in [0.05, 0.1) is 0 Å². The zero-order valence-electron chi connectivity index (χ0n) is 13.2. The number of anilines is 4. The van der Waals surface area contributed by atoms with Crippen molar-refractivity contribution in [1.82, 2.24) is 9.97 Å². The molecule has 1 saturated heterocycles. The minimum atomic E-state index is 0.616. The molecule has 1 aliphatic rings. The van der Waals surface area contributed by atoms with Crippen molar-refractivity contribution in [3.8, 4) is 0 Å². The van der Waals surface area contributed by atoms with E-state index in [1.165, 1.54) is 0 Å². The topological polar surface area (TPSA) is 70.3 Å². The number of hydrogen-bond acceptors (Lipinski definition) is 6. The van der Waals surface area contributed by atoms with Crippen LogP contribution in [0.4, 0.5) is 23.0 Å². The Balaban J connectivity index is 1.71. The van der Waals surface area contributed by atoms with Crippen LogP contribution < -0.4 is 20.9 Å². The number of aromatic nitrogens is 2. The zero-order chi connectivity index (χ0) is 16.2. The Kier molecular flexibility index (Phi) is 4.71. The molecule has 0 saturated carbocycles. The van der Waals surface area contributed by atoms with Crippen LogP contribution >= 0.6 is 11.6 Å². The molecular formula is C16H21ClN6. The SMILES string of the molecule is CCNc1ncnc(N2CCN(c3cccc(Cl)c3)CC2)c1N. The highest BCUT2D eigenvalue weighted by molar-refractivity contribution is 6.30. The number of rotatable bonds is 4. The molecule has 7 heteroatoms. The third-order valence-electron chi connectivity index (χ3n) is 3.96. The summed E-state index contributed by atoms with van der Waals surface area (Å²) in [6, 6.07) is 7.96. The summed E-state index contributed by atoms with van der Waals surface area (Å²) in [5.41, 5.74) is 7.98. The number of halogens is 1. The van der Waals surface area contributed by atoms with Crippen LogP contribution in [0.2, 0.25) is 5.02 Å². The average molecular weight is 333 g/mol. The summed E-state index contributed by atoms with van der Waals surface area (Å²) in [7, 11) is 0. The minimum Gasteiger partial charge on any atom is -0.393 e. The lowest BCUT2D eigenvalue weighted by molar-refractivity contribution is 0.647. The fraction of sp³-hybridized carbons (Fsp3) is 0.375. The maximum atomic E-state index is 6.21. The van der Waals surface area contributed by atoms with Gasteiger partial charge in [-0.3, -0.25) is 0 Å². The number of nitrogens with one attached hydrogen (secondary N) is 1. The molecule has 1 aliphatic heterocycles. The lowest BCUT2D eigenvalue weighted by atomic mass is 10.2. The van der Waals surface area contributed by atoms with Gasteiger partial charge < -0.3 is 20.9 Å². The van der Waals surface area contributed by atoms with E-state index in [0.29, 0.717) is 11.5 Å². The first-order chi connectivity index (χ1) is 11.2. The fourth-order valence-corrected chi connectivity index (χ4v) is 2.98. The summed E-state index contributed by atoms with van der Waals surface area (Å²) in [5.74, 6) is 1.51. The molecule has 0 unspecified atom stereocenters. The van der Waals surface area contributed by atoms with E-state index in [4.69, 9.17) is 17.3 Å². The highest BCUT2D eigenvalue weighted by Crippen LogP contribution is 2.28. The summed E-state index contributed by atoms with van der Waals surface area (Å²) >= 11 is 6.08. The molecule has 3 rings (SSSR count). The van der Waals surface area contributed by atoms with E-state index in [9.17, 15) is 0 Å². The predicted octanol–water partition coefficient (Wildman–Crippen LogP) is 2.47. The van der Waals surface area contributed by atoms with Gasteiger partial charge in [0.1, 0.15) is 12.0 Å². The molecule has 6 nitrogen and oxygen atoms in total. The molecule has 1 aromatic heterocycles. The average Bonchev–Trinajstić information content (AvgIpc) is 2.57. The second-order valence-electron chi connectivity index (χ2n) is 5.44. The van der Waals surface area contributed by atoms with Gasteiger partial charge in [0.2, 0.25) is 0 Å². The van der Waals surface area contributed by atoms with Gasteiger partial charge in [0, 0.05) is 43.4 Å². The predicted molar refractivity (Wildman–Crippen MR) is 96.5 cm³/mol. The van der Waals surface area contributed by atoms with Crippen LogP contribution in [-0.2, 0) is 0 Å². The van der Waals surface area contributed by atoms with Gasteiger partial charge in [0.15, 0.2) is 11.6 Å². The van der Waals surface area contributed by atoms with Gasteiger partial charge in [-0.1, -0.05) is 17.7 Å². The Bertz CT molecular complexity index is 669. The van der Waals surface area contributed by atoms with E-state index in [1.807, 2.05) is 25.1 Å². The van der Waals surface area contributed by atoms with E-state index < -0.39 is 0 Å². The Morgan fingerprint density at radius 2 is 1.91 bits per heavy atom. The summed E-state index contributed by atoms with van der Waals surface area (Å²) in [4.78, 5) is 13.1. The molecule has 122 valence electrons.